The van der Waals surface area contributed by atoms with Gasteiger partial charge in [-0.1, -0.05) is 11.3 Å². The van der Waals surface area contributed by atoms with Gasteiger partial charge in [0.1, 0.15) is 6.54 Å². The molecule has 1 aliphatic carbocycles. The lowest BCUT2D eigenvalue weighted by molar-refractivity contribution is -0.149. The maximum atomic E-state index is 11.6. The normalized spacial score (nSPS) is 15.7. The van der Waals surface area contributed by atoms with Crippen LogP contribution in [0.3, 0.4) is 0 Å². The molecule has 1 aromatic heterocycles. The molecule has 0 saturated heterocycles. The molecule has 0 aliphatic heterocycles. The second-order valence-corrected chi connectivity index (χ2v) is 5.90. The molecule has 1 heterocycles. The largest absolute Gasteiger partial charge is 0.454 e. The molecule has 0 bridgehead atoms. The lowest BCUT2D eigenvalue weighted by Crippen LogP contribution is -2.37. The van der Waals surface area contributed by atoms with Crippen LogP contribution in [0.15, 0.2) is 10.2 Å². The summed E-state index contributed by atoms with van der Waals surface area (Å²) in [5.41, 5.74) is 0.712. The summed E-state index contributed by atoms with van der Waals surface area (Å²) < 4.78 is 6.21. The highest BCUT2D eigenvalue weighted by Gasteiger charge is 2.28. The first-order valence-corrected chi connectivity index (χ1v) is 7.45. The number of carbonyl (C=O) groups excluding carboxylic acids is 2. The molecule has 0 aromatic carbocycles. The number of aromatic nitrogens is 1. The first-order valence-electron chi connectivity index (χ1n) is 6.57. The van der Waals surface area contributed by atoms with Gasteiger partial charge in [0.2, 0.25) is 0 Å². The van der Waals surface area contributed by atoms with Crippen LogP contribution in [0.5, 0.6) is 0 Å². The summed E-state index contributed by atoms with van der Waals surface area (Å²) in [6, 6.07) is 0.128. The minimum Gasteiger partial charge on any atom is -0.454 e. The smallest absolute Gasteiger partial charge is 0.326 e. The number of aryl methyl sites for hydroxylation is 1. The molecule has 1 aliphatic rings. The molecule has 1 atom stereocenters. The van der Waals surface area contributed by atoms with Crippen LogP contribution in [-0.4, -0.2) is 29.1 Å². The SMILES string of the molecule is Cc1csc(=O)n1CC(=O)OCC(=O)N[C@@H](C)C1CC1. The van der Waals surface area contributed by atoms with Crippen molar-refractivity contribution >= 4 is 23.2 Å². The van der Waals surface area contributed by atoms with Gasteiger partial charge in [-0.15, -0.1) is 0 Å². The highest BCUT2D eigenvalue weighted by Crippen LogP contribution is 2.32. The fourth-order valence-corrected chi connectivity index (χ4v) is 2.66. The van der Waals surface area contributed by atoms with E-state index in [-0.39, 0.29) is 30.0 Å². The second kappa shape index (κ2) is 6.21. The Labute approximate surface area is 120 Å². The summed E-state index contributed by atoms with van der Waals surface area (Å²) in [6.45, 7) is 3.24. The van der Waals surface area contributed by atoms with Gasteiger partial charge in [-0.2, -0.15) is 0 Å². The van der Waals surface area contributed by atoms with E-state index in [1.165, 1.54) is 4.57 Å². The van der Waals surface area contributed by atoms with Crippen LogP contribution < -0.4 is 10.2 Å². The molecule has 1 aromatic rings. The van der Waals surface area contributed by atoms with Gasteiger partial charge in [0.05, 0.1) is 0 Å². The summed E-state index contributed by atoms with van der Waals surface area (Å²) in [6.07, 6.45) is 2.28. The van der Waals surface area contributed by atoms with Crippen molar-refractivity contribution in [1.82, 2.24) is 9.88 Å². The number of thiazole rings is 1. The molecular weight excluding hydrogens is 280 g/mol. The summed E-state index contributed by atoms with van der Waals surface area (Å²) in [5, 5.41) is 4.48. The van der Waals surface area contributed by atoms with Crippen molar-refractivity contribution in [2.75, 3.05) is 6.61 Å². The summed E-state index contributed by atoms with van der Waals surface area (Å²) in [5.74, 6) is -0.323. The molecule has 6 nitrogen and oxygen atoms in total. The lowest BCUT2D eigenvalue weighted by Gasteiger charge is -2.12. The zero-order valence-electron chi connectivity index (χ0n) is 11.5. The van der Waals surface area contributed by atoms with E-state index in [1.807, 2.05) is 6.92 Å². The van der Waals surface area contributed by atoms with Crippen LogP contribution in [-0.2, 0) is 20.9 Å². The average molecular weight is 298 g/mol. The number of esters is 1. The van der Waals surface area contributed by atoms with Crippen molar-refractivity contribution in [3.8, 4) is 0 Å². The summed E-state index contributed by atoms with van der Waals surface area (Å²) >= 11 is 1.04. The molecular formula is C13H18N2O4S. The first kappa shape index (κ1) is 14.8. The third-order valence-electron chi connectivity index (χ3n) is 3.35. The molecule has 1 saturated carbocycles. The van der Waals surface area contributed by atoms with E-state index < -0.39 is 5.97 Å². The molecule has 0 radical (unpaired) electrons. The van der Waals surface area contributed by atoms with Crippen LogP contribution in [0.4, 0.5) is 0 Å². The first-order chi connectivity index (χ1) is 9.47. The molecule has 20 heavy (non-hydrogen) atoms. The molecule has 0 spiro atoms. The Bertz CT molecular complexity index is 559. The van der Waals surface area contributed by atoms with Crippen LogP contribution >= 0.6 is 11.3 Å². The number of amides is 1. The Morgan fingerprint density at radius 2 is 2.25 bits per heavy atom. The van der Waals surface area contributed by atoms with Gasteiger partial charge in [-0.25, -0.2) is 0 Å². The van der Waals surface area contributed by atoms with Gasteiger partial charge in [-0.3, -0.25) is 19.0 Å². The minimum atomic E-state index is -0.581. The topological polar surface area (TPSA) is 77.4 Å². The Kier molecular flexibility index (Phi) is 4.59. The van der Waals surface area contributed by atoms with Gasteiger partial charge >= 0.3 is 10.8 Å². The Morgan fingerprint density at radius 1 is 1.55 bits per heavy atom. The van der Waals surface area contributed by atoms with Crippen molar-refractivity contribution in [3.63, 3.8) is 0 Å². The predicted molar refractivity (Wildman–Crippen MR) is 74.6 cm³/mol. The predicted octanol–water partition coefficient (Wildman–Crippen LogP) is 0.676. The van der Waals surface area contributed by atoms with Crippen LogP contribution in [0.25, 0.3) is 0 Å². The third-order valence-corrected chi connectivity index (χ3v) is 4.23. The number of hydrogen-bond donors (Lipinski definition) is 1. The summed E-state index contributed by atoms with van der Waals surface area (Å²) in [7, 11) is 0. The Balaban J connectivity index is 1.74. The third kappa shape index (κ3) is 3.93. The fraction of sp³-hybridized carbons (Fsp3) is 0.615. The lowest BCUT2D eigenvalue weighted by atomic mass is 10.2. The number of rotatable bonds is 6. The van der Waals surface area contributed by atoms with Gasteiger partial charge in [0.15, 0.2) is 6.61 Å². The minimum absolute atomic E-state index is 0.128. The standard InChI is InChI=1S/C13H18N2O4S/c1-8-7-20-13(18)15(8)5-12(17)19-6-11(16)14-9(2)10-3-4-10/h7,9-10H,3-6H2,1-2H3,(H,14,16)/t9-/m0/s1. The quantitative estimate of drug-likeness (QED) is 0.783. The molecule has 110 valence electrons. The van der Waals surface area contributed by atoms with Crippen molar-refractivity contribution in [1.29, 1.82) is 0 Å². The molecule has 1 fully saturated rings. The van der Waals surface area contributed by atoms with Gasteiger partial charge < -0.3 is 10.1 Å². The molecule has 7 heteroatoms. The highest BCUT2D eigenvalue weighted by molar-refractivity contribution is 7.07. The number of nitrogens with one attached hydrogen (secondary N) is 1. The molecule has 1 N–H and O–H groups in total. The second-order valence-electron chi connectivity index (χ2n) is 5.08. The van der Waals surface area contributed by atoms with E-state index in [0.29, 0.717) is 11.6 Å². The van der Waals surface area contributed by atoms with E-state index in [1.54, 1.807) is 12.3 Å². The molecule has 2 rings (SSSR count). The number of hydrogen-bond acceptors (Lipinski definition) is 5. The number of carbonyl (C=O) groups is 2. The van der Waals surface area contributed by atoms with Crippen molar-refractivity contribution in [3.05, 3.63) is 20.7 Å². The van der Waals surface area contributed by atoms with E-state index in [4.69, 9.17) is 4.74 Å². The highest BCUT2D eigenvalue weighted by atomic mass is 32.1. The van der Waals surface area contributed by atoms with E-state index >= 15 is 0 Å². The van der Waals surface area contributed by atoms with E-state index in [2.05, 4.69) is 5.32 Å². The van der Waals surface area contributed by atoms with Gasteiger partial charge in [0, 0.05) is 17.1 Å². The summed E-state index contributed by atoms with van der Waals surface area (Å²) in [4.78, 5) is 34.4. The molecule has 1 amide bonds. The van der Waals surface area contributed by atoms with E-state index in [0.717, 1.165) is 24.2 Å². The Hall–Kier alpha value is -1.63. The van der Waals surface area contributed by atoms with Gasteiger partial charge in [0.25, 0.3) is 5.91 Å². The van der Waals surface area contributed by atoms with Crippen molar-refractivity contribution in [2.45, 2.75) is 39.3 Å². The van der Waals surface area contributed by atoms with Crippen molar-refractivity contribution in [2.24, 2.45) is 5.92 Å². The average Bonchev–Trinajstić information content (AvgIpc) is 3.19. The van der Waals surface area contributed by atoms with Crippen LogP contribution in [0, 0.1) is 12.8 Å². The zero-order chi connectivity index (χ0) is 14.7. The van der Waals surface area contributed by atoms with Crippen LogP contribution in [0.2, 0.25) is 0 Å². The van der Waals surface area contributed by atoms with E-state index in [9.17, 15) is 14.4 Å². The van der Waals surface area contributed by atoms with Gasteiger partial charge in [-0.05, 0) is 32.6 Å². The van der Waals surface area contributed by atoms with Crippen molar-refractivity contribution < 1.29 is 14.3 Å². The maximum absolute atomic E-state index is 11.6. The van der Waals surface area contributed by atoms with Crippen LogP contribution in [0.1, 0.15) is 25.5 Å². The Morgan fingerprint density at radius 3 is 2.80 bits per heavy atom. The fourth-order valence-electron chi connectivity index (χ4n) is 1.93. The zero-order valence-corrected chi connectivity index (χ0v) is 12.4. The number of nitrogens with zero attached hydrogens (tertiary/aromatic N) is 1. The maximum Gasteiger partial charge on any atom is 0.326 e. The number of ether oxygens (including phenoxy) is 1. The molecule has 0 unspecified atom stereocenters. The monoisotopic (exact) mass is 298 g/mol.